The lowest BCUT2D eigenvalue weighted by atomic mass is 10.1. The van der Waals surface area contributed by atoms with Gasteiger partial charge in [-0.25, -0.2) is 5.01 Å². The number of carbonyl (C=O) groups is 1. The van der Waals surface area contributed by atoms with E-state index in [0.717, 1.165) is 22.7 Å². The molecule has 0 N–H and O–H groups in total. The Morgan fingerprint density at radius 3 is 2.76 bits per heavy atom. The van der Waals surface area contributed by atoms with Crippen molar-refractivity contribution >= 4 is 34.3 Å². The fourth-order valence-corrected chi connectivity index (χ4v) is 4.52. The second kappa shape index (κ2) is 6.90. The highest BCUT2D eigenvalue weighted by molar-refractivity contribution is 7.12. The molecule has 0 aliphatic carbocycles. The van der Waals surface area contributed by atoms with Gasteiger partial charge in [0, 0.05) is 30.4 Å². The minimum atomic E-state index is -0.00535. The van der Waals surface area contributed by atoms with Gasteiger partial charge in [0.1, 0.15) is 0 Å². The minimum Gasteiger partial charge on any atom is -0.265 e. The van der Waals surface area contributed by atoms with Gasteiger partial charge >= 0.3 is 5.91 Å². The summed E-state index contributed by atoms with van der Waals surface area (Å²) in [6.07, 6.45) is 2.71. The van der Waals surface area contributed by atoms with Gasteiger partial charge in [0.15, 0.2) is 11.9 Å². The Balaban J connectivity index is 1.63. The lowest BCUT2D eigenvalue weighted by Gasteiger charge is -2.19. The summed E-state index contributed by atoms with van der Waals surface area (Å²) >= 11 is 3.35. The smallest absolute Gasteiger partial charge is 0.265 e. The van der Waals surface area contributed by atoms with E-state index in [2.05, 4.69) is 17.5 Å². The number of hydrogen-bond acceptors (Lipinski definition) is 4. The molecule has 1 aliphatic rings. The monoisotopic (exact) mass is 368 g/mol. The third-order valence-corrected chi connectivity index (χ3v) is 6.21. The Labute approximate surface area is 154 Å². The molecule has 1 atom stereocenters. The first kappa shape index (κ1) is 16.2. The third kappa shape index (κ3) is 3.27. The lowest BCUT2D eigenvalue weighted by molar-refractivity contribution is -0.691. The number of carbonyl (C=O) groups excluding carboxylic acids is 1. The van der Waals surface area contributed by atoms with Crippen molar-refractivity contribution in [2.45, 2.75) is 25.9 Å². The van der Waals surface area contributed by atoms with Crippen LogP contribution >= 0.6 is 22.7 Å². The fraction of sp³-hybridized carbons (Fsp3) is 0.211. The summed E-state index contributed by atoms with van der Waals surface area (Å²) in [6.45, 7) is 2.31. The van der Waals surface area contributed by atoms with E-state index >= 15 is 0 Å². The average molecular weight is 369 g/mol. The molecule has 4 heterocycles. The fourth-order valence-electron chi connectivity index (χ4n) is 2.99. The van der Waals surface area contributed by atoms with Crippen LogP contribution in [0.1, 0.15) is 27.9 Å². The van der Waals surface area contributed by atoms with Crippen LogP contribution in [0.2, 0.25) is 0 Å². The van der Waals surface area contributed by atoms with Crippen LogP contribution in [0.5, 0.6) is 0 Å². The van der Waals surface area contributed by atoms with Crippen molar-refractivity contribution in [1.29, 1.82) is 0 Å². The Bertz CT molecular complexity index is 901. The van der Waals surface area contributed by atoms with Crippen molar-refractivity contribution in [1.82, 2.24) is 5.01 Å². The Morgan fingerprint density at radius 1 is 1.20 bits per heavy atom. The second-order valence-electron chi connectivity index (χ2n) is 5.97. The number of amides is 1. The van der Waals surface area contributed by atoms with Crippen LogP contribution < -0.4 is 4.57 Å². The molecule has 4 nitrogen and oxygen atoms in total. The Morgan fingerprint density at radius 2 is 2.04 bits per heavy atom. The molecule has 0 aromatic carbocycles. The van der Waals surface area contributed by atoms with Crippen molar-refractivity contribution in [3.05, 3.63) is 74.9 Å². The van der Waals surface area contributed by atoms with Crippen LogP contribution in [-0.4, -0.2) is 16.6 Å². The maximum Gasteiger partial charge on any atom is 0.309 e. The van der Waals surface area contributed by atoms with E-state index in [4.69, 9.17) is 5.10 Å². The largest absolute Gasteiger partial charge is 0.309 e. The number of hydrogen-bond donors (Lipinski definition) is 0. The predicted octanol–water partition coefficient (Wildman–Crippen LogP) is 3.78. The average Bonchev–Trinajstić information content (AvgIpc) is 3.36. The third-order valence-electron chi connectivity index (χ3n) is 4.32. The van der Waals surface area contributed by atoms with Crippen LogP contribution in [0.25, 0.3) is 0 Å². The van der Waals surface area contributed by atoms with E-state index < -0.39 is 0 Å². The highest BCUT2D eigenvalue weighted by atomic mass is 32.1. The van der Waals surface area contributed by atoms with E-state index in [9.17, 15) is 4.79 Å². The van der Waals surface area contributed by atoms with Gasteiger partial charge in [-0.2, -0.15) is 9.67 Å². The van der Waals surface area contributed by atoms with Crippen LogP contribution in [-0.2, 0) is 11.3 Å². The van der Waals surface area contributed by atoms with Crippen molar-refractivity contribution in [3.63, 3.8) is 0 Å². The van der Waals surface area contributed by atoms with E-state index in [1.807, 2.05) is 53.4 Å². The van der Waals surface area contributed by atoms with E-state index in [0.29, 0.717) is 6.54 Å². The first-order valence-corrected chi connectivity index (χ1v) is 9.90. The number of thiophene rings is 2. The van der Waals surface area contributed by atoms with Gasteiger partial charge in [-0.15, -0.1) is 22.7 Å². The maximum absolute atomic E-state index is 13.0. The molecule has 3 aromatic rings. The van der Waals surface area contributed by atoms with Gasteiger partial charge in [-0.05, 0) is 22.9 Å². The Kier molecular flexibility index (Phi) is 4.46. The zero-order valence-corrected chi connectivity index (χ0v) is 15.5. The summed E-state index contributed by atoms with van der Waals surface area (Å²) in [6, 6.07) is 14.1. The molecule has 1 amide bonds. The van der Waals surface area contributed by atoms with Crippen LogP contribution in [0.15, 0.2) is 64.5 Å². The van der Waals surface area contributed by atoms with Crippen LogP contribution in [0.3, 0.4) is 0 Å². The predicted molar refractivity (Wildman–Crippen MR) is 101 cm³/mol. The highest BCUT2D eigenvalue weighted by Gasteiger charge is 2.35. The normalized spacial score (nSPS) is 16.9. The first-order chi connectivity index (χ1) is 12.2. The molecule has 4 rings (SSSR count). The van der Waals surface area contributed by atoms with E-state index in [1.54, 1.807) is 27.7 Å². The van der Waals surface area contributed by atoms with Gasteiger partial charge in [-0.1, -0.05) is 18.2 Å². The second-order valence-corrected chi connectivity index (χ2v) is 7.89. The summed E-state index contributed by atoms with van der Waals surface area (Å²) in [5.41, 5.74) is 2.06. The summed E-state index contributed by atoms with van der Waals surface area (Å²) < 4.78 is 1.96. The molecule has 0 radical (unpaired) electrons. The molecule has 0 saturated carbocycles. The summed E-state index contributed by atoms with van der Waals surface area (Å²) in [5, 5.41) is 10.5. The van der Waals surface area contributed by atoms with E-state index in [1.165, 1.54) is 4.88 Å². The number of nitrogens with zero attached hydrogens (tertiary/aromatic N) is 3. The molecule has 0 spiro atoms. The quantitative estimate of drug-likeness (QED) is 0.646. The number of pyridine rings is 1. The number of aromatic nitrogens is 1. The summed E-state index contributed by atoms with van der Waals surface area (Å²) in [7, 11) is 0. The summed E-state index contributed by atoms with van der Waals surface area (Å²) in [4.78, 5) is 15.3. The van der Waals surface area contributed by atoms with Gasteiger partial charge in [0.05, 0.1) is 16.6 Å². The molecule has 0 unspecified atom stereocenters. The maximum atomic E-state index is 13.0. The standard InChI is InChI=1S/C19H18N3OS2/c1-14-6-2-3-9-21(14)13-19(23)22-16(18-8-5-11-25-18)12-15(20-22)17-7-4-10-24-17/h2-11,16H,12-13H2,1H3/q+1/t16-/m1/s1. The van der Waals surface area contributed by atoms with Gasteiger partial charge in [-0.3, -0.25) is 4.79 Å². The molecule has 0 bridgehead atoms. The van der Waals surface area contributed by atoms with Gasteiger partial charge in [0.25, 0.3) is 0 Å². The molecule has 25 heavy (non-hydrogen) atoms. The SMILES string of the molecule is Cc1cccc[n+]1CC(=O)N1N=C(c2cccs2)C[C@@H]1c1cccs1. The topological polar surface area (TPSA) is 36.5 Å². The molecule has 126 valence electrons. The van der Waals surface area contributed by atoms with Crippen molar-refractivity contribution in [3.8, 4) is 0 Å². The highest BCUT2D eigenvalue weighted by Crippen LogP contribution is 2.35. The van der Waals surface area contributed by atoms with E-state index in [-0.39, 0.29) is 11.9 Å². The van der Waals surface area contributed by atoms with Crippen molar-refractivity contribution < 1.29 is 9.36 Å². The van der Waals surface area contributed by atoms with Crippen LogP contribution in [0, 0.1) is 6.92 Å². The molecule has 3 aromatic heterocycles. The number of hydrazone groups is 1. The molecule has 0 saturated heterocycles. The Hall–Kier alpha value is -2.31. The zero-order chi connectivity index (χ0) is 17.2. The lowest BCUT2D eigenvalue weighted by Crippen LogP contribution is -2.45. The first-order valence-electron chi connectivity index (χ1n) is 8.14. The molecule has 6 heteroatoms. The number of aryl methyl sites for hydroxylation is 1. The van der Waals surface area contributed by atoms with Crippen LogP contribution in [0.4, 0.5) is 0 Å². The molecule has 1 aliphatic heterocycles. The minimum absolute atomic E-state index is 0.00535. The molecule has 0 fully saturated rings. The molecular weight excluding hydrogens is 350 g/mol. The zero-order valence-electron chi connectivity index (χ0n) is 13.8. The van der Waals surface area contributed by atoms with Gasteiger partial charge < -0.3 is 0 Å². The van der Waals surface area contributed by atoms with Crippen molar-refractivity contribution in [2.24, 2.45) is 5.10 Å². The van der Waals surface area contributed by atoms with Gasteiger partial charge in [0.2, 0.25) is 6.54 Å². The number of rotatable bonds is 4. The van der Waals surface area contributed by atoms with Crippen molar-refractivity contribution in [2.75, 3.05) is 0 Å². The molecular formula is C19H18N3OS2+. The summed E-state index contributed by atoms with van der Waals surface area (Å²) in [5.74, 6) is 0.0178.